The second kappa shape index (κ2) is 7.11. The average Bonchev–Trinajstić information content (AvgIpc) is 2.82. The van der Waals surface area contributed by atoms with Gasteiger partial charge in [-0.05, 0) is 24.6 Å². The Morgan fingerprint density at radius 2 is 1.96 bits per heavy atom. The van der Waals surface area contributed by atoms with Crippen molar-refractivity contribution >= 4 is 44.7 Å². The van der Waals surface area contributed by atoms with E-state index in [9.17, 15) is 12.8 Å². The zero-order chi connectivity index (χ0) is 16.4. The van der Waals surface area contributed by atoms with Crippen LogP contribution >= 0.6 is 34.7 Å². The highest BCUT2D eigenvalue weighted by Crippen LogP contribution is 2.37. The first kappa shape index (κ1) is 17.2. The maximum atomic E-state index is 13.9. The predicted octanol–water partition coefficient (Wildman–Crippen LogP) is 4.41. The largest absolute Gasteiger partial charge is 0.252 e. The molecule has 8 heteroatoms. The molecule has 0 aliphatic carbocycles. The van der Waals surface area contributed by atoms with Crippen molar-refractivity contribution in [1.82, 2.24) is 4.31 Å². The van der Waals surface area contributed by atoms with E-state index in [1.165, 1.54) is 16.4 Å². The molecular formula is C15H15ClFNO2S3. The van der Waals surface area contributed by atoms with Crippen LogP contribution in [0.1, 0.15) is 17.2 Å². The van der Waals surface area contributed by atoms with E-state index in [0.29, 0.717) is 35.2 Å². The molecule has 1 aromatic heterocycles. The van der Waals surface area contributed by atoms with E-state index in [-0.39, 0.29) is 15.3 Å². The molecule has 0 radical (unpaired) electrons. The maximum Gasteiger partial charge on any atom is 0.252 e. The minimum absolute atomic E-state index is 0.0247. The molecule has 1 aliphatic rings. The molecule has 1 saturated heterocycles. The Morgan fingerprint density at radius 1 is 1.17 bits per heavy atom. The number of thioether (sulfide) groups is 1. The molecule has 0 N–H and O–H groups in total. The van der Waals surface area contributed by atoms with Crippen LogP contribution in [0.4, 0.5) is 4.39 Å². The van der Waals surface area contributed by atoms with E-state index < -0.39 is 10.0 Å². The summed E-state index contributed by atoms with van der Waals surface area (Å²) in [5.74, 6) is 0.406. The number of rotatable bonds is 3. The molecule has 1 fully saturated rings. The third-order valence-corrected chi connectivity index (χ3v) is 8.60. The van der Waals surface area contributed by atoms with Gasteiger partial charge in [-0.15, -0.1) is 11.3 Å². The van der Waals surface area contributed by atoms with Crippen LogP contribution in [0.25, 0.3) is 0 Å². The fourth-order valence-corrected chi connectivity index (χ4v) is 7.00. The highest BCUT2D eigenvalue weighted by Gasteiger charge is 2.30. The topological polar surface area (TPSA) is 37.4 Å². The Morgan fingerprint density at radius 3 is 2.65 bits per heavy atom. The van der Waals surface area contributed by atoms with Crippen LogP contribution in [0.5, 0.6) is 0 Å². The lowest BCUT2D eigenvalue weighted by Crippen LogP contribution is -2.32. The average molecular weight is 392 g/mol. The summed E-state index contributed by atoms with van der Waals surface area (Å²) >= 11 is 8.51. The molecule has 2 aromatic rings. The van der Waals surface area contributed by atoms with Crippen molar-refractivity contribution in [2.75, 3.05) is 18.8 Å². The van der Waals surface area contributed by atoms with Crippen LogP contribution in [0.3, 0.4) is 0 Å². The third-order valence-electron chi connectivity index (χ3n) is 3.70. The van der Waals surface area contributed by atoms with Gasteiger partial charge in [-0.1, -0.05) is 29.8 Å². The van der Waals surface area contributed by atoms with Crippen LogP contribution in [0.15, 0.2) is 40.6 Å². The van der Waals surface area contributed by atoms with Crippen LogP contribution in [0.2, 0.25) is 4.34 Å². The van der Waals surface area contributed by atoms with Gasteiger partial charge < -0.3 is 0 Å². The standard InChI is InChI=1S/C15H15ClFNO2S3/c16-14-5-6-15(22-14)23(19,20)18-8-7-13(21-10-9-18)11-3-1-2-4-12(11)17/h1-6,13H,7-10H2. The minimum atomic E-state index is -3.52. The van der Waals surface area contributed by atoms with Gasteiger partial charge in [0.1, 0.15) is 10.0 Å². The van der Waals surface area contributed by atoms with Crippen LogP contribution in [-0.2, 0) is 10.0 Å². The number of nitrogens with zero attached hydrogens (tertiary/aromatic N) is 1. The summed E-state index contributed by atoms with van der Waals surface area (Å²) in [4.78, 5) is 0. The van der Waals surface area contributed by atoms with Gasteiger partial charge in [-0.2, -0.15) is 16.1 Å². The molecule has 1 aliphatic heterocycles. The molecule has 23 heavy (non-hydrogen) atoms. The number of hydrogen-bond donors (Lipinski definition) is 0. The lowest BCUT2D eigenvalue weighted by atomic mass is 10.1. The van der Waals surface area contributed by atoms with E-state index in [0.717, 1.165) is 11.3 Å². The van der Waals surface area contributed by atoms with Crippen molar-refractivity contribution < 1.29 is 12.8 Å². The highest BCUT2D eigenvalue weighted by molar-refractivity contribution is 7.99. The predicted molar refractivity (Wildman–Crippen MR) is 94.3 cm³/mol. The molecule has 3 rings (SSSR count). The SMILES string of the molecule is O=S(=O)(c1ccc(Cl)s1)N1CCSC(c2ccccc2F)CC1. The Kier molecular flexibility index (Phi) is 5.32. The molecule has 1 unspecified atom stereocenters. The lowest BCUT2D eigenvalue weighted by Gasteiger charge is -2.19. The van der Waals surface area contributed by atoms with E-state index in [2.05, 4.69) is 0 Å². The van der Waals surface area contributed by atoms with Crippen molar-refractivity contribution in [1.29, 1.82) is 0 Å². The summed E-state index contributed by atoms with van der Waals surface area (Å²) in [6, 6.07) is 9.82. The van der Waals surface area contributed by atoms with Crippen LogP contribution in [-0.4, -0.2) is 31.6 Å². The molecule has 1 atom stereocenters. The van der Waals surface area contributed by atoms with Gasteiger partial charge in [0.15, 0.2) is 0 Å². The van der Waals surface area contributed by atoms with E-state index in [1.54, 1.807) is 30.0 Å². The first-order valence-corrected chi connectivity index (χ1v) is 10.8. The van der Waals surface area contributed by atoms with Crippen molar-refractivity contribution in [3.63, 3.8) is 0 Å². The normalized spacial score (nSPS) is 20.3. The summed E-state index contributed by atoms with van der Waals surface area (Å²) in [5.41, 5.74) is 0.649. The van der Waals surface area contributed by atoms with Gasteiger partial charge >= 0.3 is 0 Å². The summed E-state index contributed by atoms with van der Waals surface area (Å²) in [7, 11) is -3.52. The molecule has 0 amide bonds. The molecule has 0 bridgehead atoms. The number of halogens is 2. The second-order valence-corrected chi connectivity index (χ2v) is 10.3. The van der Waals surface area contributed by atoms with Crippen molar-refractivity contribution in [2.24, 2.45) is 0 Å². The molecule has 0 spiro atoms. The Labute approximate surface area is 148 Å². The zero-order valence-corrected chi connectivity index (χ0v) is 15.3. The Hall–Kier alpha value is -0.600. The Balaban J connectivity index is 1.78. The fourth-order valence-electron chi connectivity index (χ4n) is 2.54. The summed E-state index contributed by atoms with van der Waals surface area (Å²) in [5, 5.41) is -0.0247. The van der Waals surface area contributed by atoms with Crippen molar-refractivity contribution in [3.8, 4) is 0 Å². The van der Waals surface area contributed by atoms with Crippen LogP contribution in [0, 0.1) is 5.82 Å². The lowest BCUT2D eigenvalue weighted by molar-refractivity contribution is 0.428. The van der Waals surface area contributed by atoms with E-state index >= 15 is 0 Å². The van der Waals surface area contributed by atoms with Gasteiger partial charge in [0, 0.05) is 29.7 Å². The molecular weight excluding hydrogens is 377 g/mol. The quantitative estimate of drug-likeness (QED) is 0.777. The molecule has 124 valence electrons. The minimum Gasteiger partial charge on any atom is -0.207 e. The number of benzene rings is 1. The number of thiophene rings is 1. The second-order valence-electron chi connectivity index (χ2n) is 5.13. The van der Waals surface area contributed by atoms with Gasteiger partial charge in [0.25, 0.3) is 10.0 Å². The first-order chi connectivity index (χ1) is 11.0. The molecule has 0 saturated carbocycles. The summed E-state index contributed by atoms with van der Waals surface area (Å²) in [6.07, 6.45) is 0.587. The van der Waals surface area contributed by atoms with Gasteiger partial charge in [-0.25, -0.2) is 12.8 Å². The third kappa shape index (κ3) is 3.74. The molecule has 1 aromatic carbocycles. The smallest absolute Gasteiger partial charge is 0.207 e. The van der Waals surface area contributed by atoms with Crippen molar-refractivity contribution in [2.45, 2.75) is 15.9 Å². The van der Waals surface area contributed by atoms with Gasteiger partial charge in [0.2, 0.25) is 0 Å². The highest BCUT2D eigenvalue weighted by atomic mass is 35.5. The molecule has 2 heterocycles. The summed E-state index contributed by atoms with van der Waals surface area (Å²) in [6.45, 7) is 0.803. The first-order valence-electron chi connectivity index (χ1n) is 7.10. The Bertz CT molecular complexity index is 794. The van der Waals surface area contributed by atoms with E-state index in [4.69, 9.17) is 11.6 Å². The van der Waals surface area contributed by atoms with Crippen LogP contribution < -0.4 is 0 Å². The fraction of sp³-hybridized carbons (Fsp3) is 0.333. The summed E-state index contributed by atoms with van der Waals surface area (Å²) < 4.78 is 41.5. The van der Waals surface area contributed by atoms with Gasteiger partial charge in [0.05, 0.1) is 4.34 Å². The number of sulfonamides is 1. The monoisotopic (exact) mass is 391 g/mol. The molecule has 3 nitrogen and oxygen atoms in total. The number of hydrogen-bond acceptors (Lipinski definition) is 4. The van der Waals surface area contributed by atoms with Gasteiger partial charge in [-0.3, -0.25) is 0 Å². The van der Waals surface area contributed by atoms with E-state index in [1.807, 2.05) is 6.07 Å². The zero-order valence-electron chi connectivity index (χ0n) is 12.1. The van der Waals surface area contributed by atoms with Crippen molar-refractivity contribution in [3.05, 3.63) is 52.1 Å². The maximum absolute atomic E-state index is 13.9.